The Bertz CT molecular complexity index is 697. The van der Waals surface area contributed by atoms with E-state index >= 15 is 0 Å². The first-order chi connectivity index (χ1) is 13.1. The summed E-state index contributed by atoms with van der Waals surface area (Å²) in [7, 11) is 0. The highest BCUT2D eigenvalue weighted by Gasteiger charge is 2.30. The van der Waals surface area contributed by atoms with Gasteiger partial charge in [0, 0.05) is 57.2 Å². The van der Waals surface area contributed by atoms with Gasteiger partial charge in [0.2, 0.25) is 0 Å². The zero-order valence-corrected chi connectivity index (χ0v) is 16.0. The van der Waals surface area contributed by atoms with E-state index in [1.54, 1.807) is 6.92 Å². The number of amides is 3. The molecule has 1 atom stereocenters. The molecule has 0 unspecified atom stereocenters. The van der Waals surface area contributed by atoms with Crippen LogP contribution in [-0.4, -0.2) is 73.6 Å². The molecule has 1 aromatic carbocycles. The first kappa shape index (κ1) is 18.1. The number of rotatable bonds is 6. The largest absolute Gasteiger partial charge is 0.374 e. The summed E-state index contributed by atoms with van der Waals surface area (Å²) in [6.07, 6.45) is 2.81. The molecule has 2 aliphatic heterocycles. The normalized spacial score (nSPS) is 21.9. The van der Waals surface area contributed by atoms with Gasteiger partial charge >= 0.3 is 6.03 Å². The highest BCUT2D eigenvalue weighted by molar-refractivity contribution is 5.99. The van der Waals surface area contributed by atoms with Crippen LogP contribution in [0, 0.1) is 5.92 Å². The molecule has 3 fully saturated rings. The molecule has 1 saturated carbocycles. The van der Waals surface area contributed by atoms with E-state index in [9.17, 15) is 9.59 Å². The summed E-state index contributed by atoms with van der Waals surface area (Å²) in [5.41, 5.74) is 2.10. The van der Waals surface area contributed by atoms with Crippen LogP contribution >= 0.6 is 0 Å². The summed E-state index contributed by atoms with van der Waals surface area (Å²) in [6, 6.07) is 7.48. The molecule has 2 saturated heterocycles. The SMILES string of the molecule is C[C@@H](Nc1cccc(N2CCN(CC3CC3)CC2)c1)C(=O)N1CCNC1=O. The summed E-state index contributed by atoms with van der Waals surface area (Å²) in [5, 5.41) is 5.92. The molecular formula is C20H29N5O2. The second-order valence-electron chi connectivity index (χ2n) is 7.87. The van der Waals surface area contributed by atoms with E-state index < -0.39 is 6.04 Å². The number of carbonyl (C=O) groups excluding carboxylic acids is 2. The van der Waals surface area contributed by atoms with E-state index in [0.29, 0.717) is 13.1 Å². The molecule has 0 spiro atoms. The van der Waals surface area contributed by atoms with Crippen LogP contribution < -0.4 is 15.5 Å². The number of imide groups is 1. The van der Waals surface area contributed by atoms with E-state index in [2.05, 4.69) is 32.6 Å². The Labute approximate surface area is 160 Å². The predicted octanol–water partition coefficient (Wildman–Crippen LogP) is 1.57. The van der Waals surface area contributed by atoms with Gasteiger partial charge in [-0.15, -0.1) is 0 Å². The van der Waals surface area contributed by atoms with Crippen LogP contribution in [0.5, 0.6) is 0 Å². The Balaban J connectivity index is 1.33. The minimum atomic E-state index is -0.445. The van der Waals surface area contributed by atoms with E-state index in [1.165, 1.54) is 30.0 Å². The van der Waals surface area contributed by atoms with Crippen LogP contribution in [-0.2, 0) is 4.79 Å². The third kappa shape index (κ3) is 4.35. The average molecular weight is 371 g/mol. The number of carbonyl (C=O) groups is 2. The van der Waals surface area contributed by atoms with Crippen molar-refractivity contribution in [1.82, 2.24) is 15.1 Å². The van der Waals surface area contributed by atoms with Gasteiger partial charge in [0.15, 0.2) is 0 Å². The second-order valence-corrected chi connectivity index (χ2v) is 7.87. The monoisotopic (exact) mass is 371 g/mol. The second kappa shape index (κ2) is 7.76. The Morgan fingerprint density at radius 2 is 2.00 bits per heavy atom. The zero-order valence-electron chi connectivity index (χ0n) is 16.0. The van der Waals surface area contributed by atoms with Crippen molar-refractivity contribution < 1.29 is 9.59 Å². The number of benzene rings is 1. The molecule has 2 N–H and O–H groups in total. The molecule has 1 aromatic rings. The van der Waals surface area contributed by atoms with Crippen molar-refractivity contribution in [3.8, 4) is 0 Å². The van der Waals surface area contributed by atoms with Crippen LogP contribution in [0.15, 0.2) is 24.3 Å². The maximum atomic E-state index is 12.5. The zero-order chi connectivity index (χ0) is 18.8. The van der Waals surface area contributed by atoms with Gasteiger partial charge in [0.25, 0.3) is 5.91 Å². The number of anilines is 2. The maximum absolute atomic E-state index is 12.5. The average Bonchev–Trinajstić information content (AvgIpc) is 3.39. The lowest BCUT2D eigenvalue weighted by Crippen LogP contribution is -2.47. The van der Waals surface area contributed by atoms with Crippen molar-refractivity contribution in [3.63, 3.8) is 0 Å². The van der Waals surface area contributed by atoms with Crippen LogP contribution in [0.1, 0.15) is 19.8 Å². The molecule has 2 heterocycles. The Hall–Kier alpha value is -2.28. The van der Waals surface area contributed by atoms with Gasteiger partial charge in [0.1, 0.15) is 6.04 Å². The van der Waals surface area contributed by atoms with E-state index in [-0.39, 0.29) is 11.9 Å². The molecule has 146 valence electrons. The number of nitrogens with one attached hydrogen (secondary N) is 2. The smallest absolute Gasteiger partial charge is 0.324 e. The molecule has 0 bridgehead atoms. The third-order valence-electron chi connectivity index (χ3n) is 5.67. The minimum absolute atomic E-state index is 0.191. The van der Waals surface area contributed by atoms with Gasteiger partial charge < -0.3 is 15.5 Å². The quantitative estimate of drug-likeness (QED) is 0.795. The molecule has 3 aliphatic rings. The lowest BCUT2D eigenvalue weighted by Gasteiger charge is -2.36. The summed E-state index contributed by atoms with van der Waals surface area (Å²) in [4.78, 5) is 30.4. The highest BCUT2D eigenvalue weighted by atomic mass is 16.2. The molecule has 0 aromatic heterocycles. The Kier molecular flexibility index (Phi) is 5.20. The number of piperazine rings is 1. The maximum Gasteiger partial charge on any atom is 0.324 e. The highest BCUT2D eigenvalue weighted by Crippen LogP contribution is 2.30. The van der Waals surface area contributed by atoms with Crippen LogP contribution in [0.2, 0.25) is 0 Å². The number of hydrogen-bond acceptors (Lipinski definition) is 5. The van der Waals surface area contributed by atoms with Crippen molar-refractivity contribution in [3.05, 3.63) is 24.3 Å². The Morgan fingerprint density at radius 1 is 1.22 bits per heavy atom. The van der Waals surface area contributed by atoms with Crippen molar-refractivity contribution in [2.24, 2.45) is 5.92 Å². The van der Waals surface area contributed by atoms with Gasteiger partial charge in [-0.25, -0.2) is 4.79 Å². The van der Waals surface area contributed by atoms with Gasteiger partial charge in [-0.05, 0) is 43.9 Å². The molecule has 0 radical (unpaired) electrons. The topological polar surface area (TPSA) is 67.9 Å². The van der Waals surface area contributed by atoms with Crippen molar-refractivity contribution in [1.29, 1.82) is 0 Å². The van der Waals surface area contributed by atoms with Crippen molar-refractivity contribution >= 4 is 23.3 Å². The summed E-state index contributed by atoms with van der Waals surface area (Å²) in [5.74, 6) is 0.755. The molecule has 3 amide bonds. The molecule has 1 aliphatic carbocycles. The summed E-state index contributed by atoms with van der Waals surface area (Å²) < 4.78 is 0. The van der Waals surface area contributed by atoms with Gasteiger partial charge in [-0.2, -0.15) is 0 Å². The molecule has 4 rings (SSSR count). The fraction of sp³-hybridized carbons (Fsp3) is 0.600. The van der Waals surface area contributed by atoms with Crippen molar-refractivity contribution in [2.45, 2.75) is 25.8 Å². The summed E-state index contributed by atoms with van der Waals surface area (Å²) in [6.45, 7) is 8.35. The van der Waals surface area contributed by atoms with Gasteiger partial charge in [-0.1, -0.05) is 6.07 Å². The van der Waals surface area contributed by atoms with E-state index in [4.69, 9.17) is 0 Å². The first-order valence-electron chi connectivity index (χ1n) is 10.0. The van der Waals surface area contributed by atoms with Crippen LogP contribution in [0.4, 0.5) is 16.2 Å². The number of nitrogens with zero attached hydrogens (tertiary/aromatic N) is 3. The molecular weight excluding hydrogens is 342 g/mol. The third-order valence-corrected chi connectivity index (χ3v) is 5.67. The lowest BCUT2D eigenvalue weighted by molar-refractivity contribution is -0.128. The van der Waals surface area contributed by atoms with E-state index in [1.807, 2.05) is 12.1 Å². The van der Waals surface area contributed by atoms with Crippen LogP contribution in [0.3, 0.4) is 0 Å². The lowest BCUT2D eigenvalue weighted by atomic mass is 10.2. The fourth-order valence-electron chi connectivity index (χ4n) is 3.87. The van der Waals surface area contributed by atoms with Gasteiger partial charge in [-0.3, -0.25) is 14.6 Å². The fourth-order valence-corrected chi connectivity index (χ4v) is 3.87. The van der Waals surface area contributed by atoms with Gasteiger partial charge in [0.05, 0.1) is 0 Å². The minimum Gasteiger partial charge on any atom is -0.374 e. The number of hydrogen-bond donors (Lipinski definition) is 2. The number of urea groups is 1. The van der Waals surface area contributed by atoms with E-state index in [0.717, 1.165) is 37.8 Å². The van der Waals surface area contributed by atoms with Crippen molar-refractivity contribution in [2.75, 3.05) is 56.0 Å². The standard InChI is InChI=1S/C20H29N5O2/c1-15(19(26)25-8-7-21-20(25)27)22-17-3-2-4-18(13-17)24-11-9-23(10-12-24)14-16-5-6-16/h2-4,13,15-16,22H,5-12,14H2,1H3,(H,21,27)/t15-/m1/s1. The molecule has 7 nitrogen and oxygen atoms in total. The Morgan fingerprint density at radius 3 is 2.67 bits per heavy atom. The van der Waals surface area contributed by atoms with Crippen LogP contribution in [0.25, 0.3) is 0 Å². The summed E-state index contributed by atoms with van der Waals surface area (Å²) >= 11 is 0. The first-order valence-corrected chi connectivity index (χ1v) is 10.0. The molecule has 27 heavy (non-hydrogen) atoms. The molecule has 7 heteroatoms. The predicted molar refractivity (Wildman–Crippen MR) is 106 cm³/mol.